The Morgan fingerprint density at radius 2 is 2.23 bits per heavy atom. The van der Waals surface area contributed by atoms with Crippen LogP contribution in [0.15, 0.2) is 36.8 Å². The molecule has 0 spiro atoms. The minimum absolute atomic E-state index is 0.0828. The number of rotatable bonds is 6. The molecule has 1 saturated heterocycles. The molecule has 2 N–H and O–H groups in total. The van der Waals surface area contributed by atoms with Gasteiger partial charge in [0.05, 0.1) is 11.9 Å². The van der Waals surface area contributed by atoms with Crippen LogP contribution in [-0.4, -0.2) is 50.4 Å². The Morgan fingerprint density at radius 3 is 3.03 bits per heavy atom. The number of likely N-dealkylation sites (tertiary alicyclic amines) is 1. The van der Waals surface area contributed by atoms with Gasteiger partial charge in [0.2, 0.25) is 5.91 Å². The Kier molecular flexibility index (Phi) is 6.89. The molecule has 0 aliphatic carbocycles. The number of anilines is 2. The number of aryl methyl sites for hydroxylation is 1. The monoisotopic (exact) mass is 556 g/mol. The van der Waals surface area contributed by atoms with E-state index in [9.17, 15) is 4.79 Å². The van der Waals surface area contributed by atoms with Gasteiger partial charge in [-0.15, -0.1) is 0 Å². The van der Waals surface area contributed by atoms with Gasteiger partial charge in [-0.05, 0) is 49.6 Å². The largest absolute Gasteiger partial charge is 0.376 e. The summed E-state index contributed by atoms with van der Waals surface area (Å²) in [6, 6.07) is 7.90. The van der Waals surface area contributed by atoms with Gasteiger partial charge in [-0.2, -0.15) is 0 Å². The summed E-state index contributed by atoms with van der Waals surface area (Å²) in [4.78, 5) is 23.5. The highest BCUT2D eigenvalue weighted by Gasteiger charge is 2.24. The normalized spacial score (nSPS) is 16.6. The van der Waals surface area contributed by atoms with E-state index in [1.807, 2.05) is 46.3 Å². The average Bonchev–Trinajstić information content (AvgIpc) is 3.16. The smallest absolute Gasteiger partial charge is 0.241 e. The number of piperidine rings is 1. The summed E-state index contributed by atoms with van der Waals surface area (Å²) in [6.45, 7) is 3.66. The zero-order valence-corrected chi connectivity index (χ0v) is 20.2. The van der Waals surface area contributed by atoms with Crippen molar-refractivity contribution in [3.8, 4) is 0 Å². The topological polar surface area (TPSA) is 75.1 Å². The van der Waals surface area contributed by atoms with Gasteiger partial charge in [0.15, 0.2) is 5.65 Å². The quantitative estimate of drug-likeness (QED) is 0.427. The molecule has 158 valence electrons. The van der Waals surface area contributed by atoms with Crippen molar-refractivity contribution >= 4 is 70.4 Å². The fourth-order valence-electron chi connectivity index (χ4n) is 3.74. The van der Waals surface area contributed by atoms with Crippen molar-refractivity contribution in [2.75, 3.05) is 30.3 Å². The lowest BCUT2D eigenvalue weighted by Crippen LogP contribution is -2.47. The molecule has 1 fully saturated rings. The first-order valence-corrected chi connectivity index (χ1v) is 13.4. The van der Waals surface area contributed by atoms with E-state index in [0.29, 0.717) is 11.6 Å². The molecule has 1 unspecified atom stereocenters. The summed E-state index contributed by atoms with van der Waals surface area (Å²) in [5, 5.41) is 8.38. The molecular weight excluding hydrogens is 535 g/mol. The molecule has 4 rings (SSSR count). The Hall–Kier alpha value is -1.72. The highest BCUT2D eigenvalue weighted by atomic mass is 127. The number of aromatic nitrogens is 3. The van der Waals surface area contributed by atoms with Crippen molar-refractivity contribution in [2.24, 2.45) is 0 Å². The lowest BCUT2D eigenvalue weighted by molar-refractivity contribution is -0.130. The summed E-state index contributed by atoms with van der Waals surface area (Å²) in [5.41, 5.74) is 2.81. The summed E-state index contributed by atoms with van der Waals surface area (Å²) >= 11 is 8.34. The number of carbonyl (C=O) groups excluding carboxylic acids is 1. The van der Waals surface area contributed by atoms with E-state index in [4.69, 9.17) is 11.6 Å². The van der Waals surface area contributed by atoms with Gasteiger partial charge in [0.1, 0.15) is 12.1 Å². The molecule has 7 nitrogen and oxygen atoms in total. The second-order valence-corrected chi connectivity index (χ2v) is 9.51. The number of nitrogens with one attached hydrogen (secondary N) is 2. The lowest BCUT2D eigenvalue weighted by atomic mass is 10.1. The van der Waals surface area contributed by atoms with Crippen LogP contribution >= 0.6 is 41.9 Å². The van der Waals surface area contributed by atoms with Gasteiger partial charge in [-0.1, -0.05) is 11.6 Å². The average molecular weight is 557 g/mol. The molecule has 1 aliphatic heterocycles. The van der Waals surface area contributed by atoms with Gasteiger partial charge < -0.3 is 15.5 Å². The molecule has 3 heterocycles. The van der Waals surface area contributed by atoms with E-state index >= 15 is 0 Å². The van der Waals surface area contributed by atoms with E-state index in [1.165, 1.54) is 0 Å². The number of benzene rings is 1. The van der Waals surface area contributed by atoms with Gasteiger partial charge >= 0.3 is 0 Å². The van der Waals surface area contributed by atoms with E-state index in [-0.39, 0.29) is 18.5 Å². The number of nitrogens with zero attached hydrogens (tertiary/aromatic N) is 4. The fraction of sp³-hybridized carbons (Fsp3) is 0.350. The predicted molar refractivity (Wildman–Crippen MR) is 132 cm³/mol. The van der Waals surface area contributed by atoms with E-state index in [0.717, 1.165) is 47.5 Å². The summed E-state index contributed by atoms with van der Waals surface area (Å²) in [5.74, 6) is 0.899. The number of amides is 1. The molecule has 30 heavy (non-hydrogen) atoms. The van der Waals surface area contributed by atoms with Crippen molar-refractivity contribution in [1.29, 1.82) is 0 Å². The van der Waals surface area contributed by atoms with E-state index in [2.05, 4.69) is 41.8 Å². The third-order valence-corrected chi connectivity index (χ3v) is 7.06. The molecule has 1 aromatic carbocycles. The summed E-state index contributed by atoms with van der Waals surface area (Å²) < 4.78 is 2.00. The van der Waals surface area contributed by atoms with Gasteiger partial charge in [0.25, 0.3) is 0 Å². The zero-order valence-electron chi connectivity index (χ0n) is 16.4. The molecule has 10 heteroatoms. The first-order chi connectivity index (χ1) is 14.5. The van der Waals surface area contributed by atoms with Crippen molar-refractivity contribution < 1.29 is 4.79 Å². The van der Waals surface area contributed by atoms with Gasteiger partial charge in [-0.3, -0.25) is 8.77 Å². The first kappa shape index (κ1) is 21.5. The maximum Gasteiger partial charge on any atom is 0.241 e. The van der Waals surface area contributed by atoms with Crippen LogP contribution in [-0.2, 0) is 4.79 Å². The predicted octanol–water partition coefficient (Wildman–Crippen LogP) is 4.75. The SMILES string of the molecule is Cc1cc(Cl)cc(NCC(=O)N2CCCC(Nc3ncnc4c3ccn4SI)C2)c1. The van der Waals surface area contributed by atoms with Crippen LogP contribution in [0, 0.1) is 6.92 Å². The summed E-state index contributed by atoms with van der Waals surface area (Å²) in [6.07, 6.45) is 5.52. The maximum absolute atomic E-state index is 12.8. The number of halogens is 2. The van der Waals surface area contributed by atoms with Crippen molar-refractivity contribution in [1.82, 2.24) is 18.8 Å². The minimum atomic E-state index is 0.0828. The van der Waals surface area contributed by atoms with E-state index in [1.54, 1.807) is 15.4 Å². The first-order valence-electron chi connectivity index (χ1n) is 9.70. The molecule has 1 atom stereocenters. The highest BCUT2D eigenvalue weighted by molar-refractivity contribution is 14.2. The van der Waals surface area contributed by atoms with Crippen molar-refractivity contribution in [3.63, 3.8) is 0 Å². The van der Waals surface area contributed by atoms with Crippen LogP contribution in [0.25, 0.3) is 11.0 Å². The van der Waals surface area contributed by atoms with Gasteiger partial charge in [0, 0.05) is 66.4 Å². The molecule has 2 aromatic heterocycles. The standard InChI is InChI=1S/C20H22ClIN6OS/c1-13-7-14(21)9-16(8-13)23-10-18(29)27-5-2-3-15(11-27)26-19-17-4-6-28(30-22)20(17)25-12-24-19/h4,6-9,12,15,23H,2-3,5,10-11H2,1H3,(H,24,25,26). The lowest BCUT2D eigenvalue weighted by Gasteiger charge is -2.33. The number of hydrogen-bond donors (Lipinski definition) is 2. The Labute approximate surface area is 196 Å². The van der Waals surface area contributed by atoms with Crippen molar-refractivity contribution in [2.45, 2.75) is 25.8 Å². The number of fused-ring (bicyclic) bond motifs is 1. The minimum Gasteiger partial charge on any atom is -0.376 e. The zero-order chi connectivity index (χ0) is 21.1. The van der Waals surface area contributed by atoms with Crippen LogP contribution in [0.2, 0.25) is 5.02 Å². The van der Waals surface area contributed by atoms with Crippen molar-refractivity contribution in [3.05, 3.63) is 47.4 Å². The highest BCUT2D eigenvalue weighted by Crippen LogP contribution is 2.27. The number of hydrogen-bond acceptors (Lipinski definition) is 6. The molecule has 0 saturated carbocycles. The second-order valence-electron chi connectivity index (χ2n) is 7.36. The summed E-state index contributed by atoms with van der Waals surface area (Å²) in [7, 11) is 1.57. The molecular formula is C20H22ClIN6OS. The van der Waals surface area contributed by atoms with Crippen LogP contribution in [0.5, 0.6) is 0 Å². The van der Waals surface area contributed by atoms with E-state index < -0.39 is 0 Å². The third kappa shape index (κ3) is 4.94. The molecule has 0 radical (unpaired) electrons. The second kappa shape index (κ2) is 9.61. The Bertz CT molecular complexity index is 1040. The van der Waals surface area contributed by atoms with Gasteiger partial charge in [-0.25, -0.2) is 9.97 Å². The van der Waals surface area contributed by atoms with Crippen LogP contribution in [0.3, 0.4) is 0 Å². The van der Waals surface area contributed by atoms with Crippen LogP contribution in [0.1, 0.15) is 18.4 Å². The molecule has 1 aliphatic rings. The molecule has 1 amide bonds. The van der Waals surface area contributed by atoms with Crippen LogP contribution in [0.4, 0.5) is 11.5 Å². The molecule has 0 bridgehead atoms. The molecule has 3 aromatic rings. The Balaban J connectivity index is 1.38. The Morgan fingerprint density at radius 1 is 1.37 bits per heavy atom. The third-order valence-electron chi connectivity index (χ3n) is 5.12. The maximum atomic E-state index is 12.8. The fourth-order valence-corrected chi connectivity index (χ4v) is 5.30. The number of carbonyl (C=O) groups is 1. The van der Waals surface area contributed by atoms with Crippen LogP contribution < -0.4 is 10.6 Å².